The Hall–Kier alpha value is -3.42. The number of amides is 1. The van der Waals surface area contributed by atoms with Gasteiger partial charge in [-0.2, -0.15) is 9.78 Å². The lowest BCUT2D eigenvalue weighted by Crippen LogP contribution is -2.19. The van der Waals surface area contributed by atoms with Crippen LogP contribution < -0.4 is 15.6 Å². The Labute approximate surface area is 156 Å². The van der Waals surface area contributed by atoms with Crippen LogP contribution in [0.4, 0.5) is 5.82 Å². The Morgan fingerprint density at radius 3 is 2.78 bits per heavy atom. The predicted octanol–water partition coefficient (Wildman–Crippen LogP) is 2.48. The topological polar surface area (TPSA) is 102 Å². The summed E-state index contributed by atoms with van der Waals surface area (Å²) in [7, 11) is 0. The van der Waals surface area contributed by atoms with Crippen LogP contribution in [0.25, 0.3) is 5.95 Å². The van der Waals surface area contributed by atoms with E-state index in [-0.39, 0.29) is 17.4 Å². The number of para-hydroxylation sites is 1. The summed E-state index contributed by atoms with van der Waals surface area (Å²) in [6, 6.07) is 10.2. The van der Waals surface area contributed by atoms with Crippen LogP contribution in [0.5, 0.6) is 5.75 Å². The van der Waals surface area contributed by atoms with E-state index in [9.17, 15) is 9.59 Å². The second-order valence-corrected chi connectivity index (χ2v) is 5.88. The lowest BCUT2D eigenvalue weighted by Gasteiger charge is -2.11. The summed E-state index contributed by atoms with van der Waals surface area (Å²) in [5, 5.41) is 7.16. The summed E-state index contributed by atoms with van der Waals surface area (Å²) in [5.41, 5.74) is 1.45. The van der Waals surface area contributed by atoms with E-state index in [4.69, 9.17) is 4.74 Å². The van der Waals surface area contributed by atoms with Crippen LogP contribution in [-0.4, -0.2) is 32.3 Å². The van der Waals surface area contributed by atoms with Gasteiger partial charge in [-0.15, -0.1) is 0 Å². The second-order valence-electron chi connectivity index (χ2n) is 5.88. The zero-order valence-electron chi connectivity index (χ0n) is 15.4. The molecule has 0 atom stereocenters. The van der Waals surface area contributed by atoms with Crippen LogP contribution in [0.15, 0.2) is 41.2 Å². The molecule has 140 valence electrons. The van der Waals surface area contributed by atoms with Crippen LogP contribution in [0.3, 0.4) is 0 Å². The minimum absolute atomic E-state index is 0.251. The summed E-state index contributed by atoms with van der Waals surface area (Å²) in [5.74, 6) is 0.815. The highest BCUT2D eigenvalue weighted by molar-refractivity contribution is 6.05. The first-order chi connectivity index (χ1) is 13.0. The van der Waals surface area contributed by atoms with Gasteiger partial charge in [0.2, 0.25) is 5.95 Å². The molecule has 0 aliphatic carbocycles. The second kappa shape index (κ2) is 7.86. The molecule has 27 heavy (non-hydrogen) atoms. The van der Waals surface area contributed by atoms with Gasteiger partial charge in [-0.3, -0.25) is 14.6 Å². The van der Waals surface area contributed by atoms with Crippen molar-refractivity contribution in [3.63, 3.8) is 0 Å². The first-order valence-electron chi connectivity index (χ1n) is 8.72. The van der Waals surface area contributed by atoms with Gasteiger partial charge in [0.15, 0.2) is 0 Å². The number of ether oxygens (including phenoxy) is 1. The van der Waals surface area contributed by atoms with Crippen molar-refractivity contribution in [1.29, 1.82) is 0 Å². The van der Waals surface area contributed by atoms with Gasteiger partial charge in [0.25, 0.3) is 11.5 Å². The van der Waals surface area contributed by atoms with Gasteiger partial charge in [0.1, 0.15) is 11.6 Å². The van der Waals surface area contributed by atoms with Crippen LogP contribution >= 0.6 is 0 Å². The maximum atomic E-state index is 12.8. The third-order valence-corrected chi connectivity index (χ3v) is 3.85. The zero-order valence-corrected chi connectivity index (χ0v) is 15.4. The number of nitrogens with zero attached hydrogens (tertiary/aromatic N) is 3. The van der Waals surface area contributed by atoms with Gasteiger partial charge >= 0.3 is 0 Å². The van der Waals surface area contributed by atoms with Gasteiger partial charge in [-0.1, -0.05) is 19.1 Å². The number of aromatic nitrogens is 4. The lowest BCUT2D eigenvalue weighted by molar-refractivity contribution is 0.102. The van der Waals surface area contributed by atoms with E-state index in [0.29, 0.717) is 41.5 Å². The van der Waals surface area contributed by atoms with Crippen molar-refractivity contribution in [1.82, 2.24) is 19.7 Å². The molecule has 0 saturated heterocycles. The number of aromatic amines is 1. The molecule has 2 aromatic heterocycles. The highest BCUT2D eigenvalue weighted by atomic mass is 16.5. The van der Waals surface area contributed by atoms with E-state index in [0.717, 1.165) is 0 Å². The average molecular weight is 367 g/mol. The third-order valence-electron chi connectivity index (χ3n) is 3.85. The van der Waals surface area contributed by atoms with Gasteiger partial charge in [0.05, 0.1) is 17.9 Å². The SMILES string of the molecule is CCOc1ccccc1C(=O)Nc1cc(C)nn1-c1nc(CC)cc(=O)[nH]1. The van der Waals surface area contributed by atoms with Crippen molar-refractivity contribution in [3.8, 4) is 11.7 Å². The number of benzene rings is 1. The number of nitrogens with one attached hydrogen (secondary N) is 2. The first-order valence-corrected chi connectivity index (χ1v) is 8.72. The Balaban J connectivity index is 1.97. The highest BCUT2D eigenvalue weighted by Gasteiger charge is 2.17. The minimum atomic E-state index is -0.339. The number of H-pyrrole nitrogens is 1. The normalized spacial score (nSPS) is 10.6. The van der Waals surface area contributed by atoms with Crippen LogP contribution in [-0.2, 0) is 6.42 Å². The van der Waals surface area contributed by atoms with E-state index < -0.39 is 0 Å². The highest BCUT2D eigenvalue weighted by Crippen LogP contribution is 2.21. The molecule has 0 aliphatic rings. The number of hydrogen-bond donors (Lipinski definition) is 2. The van der Waals surface area contributed by atoms with E-state index in [1.807, 2.05) is 13.8 Å². The number of rotatable bonds is 6. The fourth-order valence-corrected chi connectivity index (χ4v) is 2.64. The summed E-state index contributed by atoms with van der Waals surface area (Å²) in [6.07, 6.45) is 0.612. The van der Waals surface area contributed by atoms with Crippen molar-refractivity contribution < 1.29 is 9.53 Å². The van der Waals surface area contributed by atoms with Crippen LogP contribution in [0.2, 0.25) is 0 Å². The monoisotopic (exact) mass is 367 g/mol. The van der Waals surface area contributed by atoms with E-state index >= 15 is 0 Å². The largest absolute Gasteiger partial charge is 0.493 e. The molecule has 2 heterocycles. The third kappa shape index (κ3) is 4.05. The molecule has 0 bridgehead atoms. The molecule has 3 aromatic rings. The standard InChI is InChI=1S/C19H21N5O3/c1-4-13-11-17(25)22-19(20-13)24-16(10-12(3)23-24)21-18(26)14-8-6-7-9-15(14)27-5-2/h6-11H,4-5H2,1-3H3,(H,21,26)(H,20,22,25). The molecule has 0 fully saturated rings. The fourth-order valence-electron chi connectivity index (χ4n) is 2.64. The van der Waals surface area contributed by atoms with Crippen molar-refractivity contribution in [3.05, 3.63) is 63.7 Å². The van der Waals surface area contributed by atoms with Gasteiger partial charge in [-0.05, 0) is 32.4 Å². The number of carbonyl (C=O) groups is 1. The number of hydrogen-bond acceptors (Lipinski definition) is 5. The van der Waals surface area contributed by atoms with Crippen molar-refractivity contribution >= 4 is 11.7 Å². The molecule has 1 amide bonds. The molecule has 8 heteroatoms. The van der Waals surface area contributed by atoms with Crippen LogP contribution in [0, 0.1) is 6.92 Å². The molecule has 0 radical (unpaired) electrons. The Bertz CT molecular complexity index is 1020. The molecule has 1 aromatic carbocycles. The van der Waals surface area contributed by atoms with Crippen molar-refractivity contribution in [2.75, 3.05) is 11.9 Å². The molecular weight excluding hydrogens is 346 g/mol. The Morgan fingerprint density at radius 2 is 2.04 bits per heavy atom. The Morgan fingerprint density at radius 1 is 1.26 bits per heavy atom. The maximum absolute atomic E-state index is 12.8. The smallest absolute Gasteiger partial charge is 0.260 e. The van der Waals surface area contributed by atoms with Gasteiger partial charge in [-0.25, -0.2) is 4.98 Å². The molecule has 0 unspecified atom stereocenters. The van der Waals surface area contributed by atoms with E-state index in [1.54, 1.807) is 37.3 Å². The van der Waals surface area contributed by atoms with Crippen LogP contribution in [0.1, 0.15) is 35.6 Å². The molecule has 0 saturated carbocycles. The summed E-state index contributed by atoms with van der Waals surface area (Å²) >= 11 is 0. The minimum Gasteiger partial charge on any atom is -0.493 e. The lowest BCUT2D eigenvalue weighted by atomic mass is 10.2. The molecule has 2 N–H and O–H groups in total. The molecule has 8 nitrogen and oxygen atoms in total. The Kier molecular flexibility index (Phi) is 5.35. The summed E-state index contributed by atoms with van der Waals surface area (Å²) in [4.78, 5) is 31.7. The summed E-state index contributed by atoms with van der Waals surface area (Å²) in [6.45, 7) is 6.02. The molecule has 3 rings (SSSR count). The van der Waals surface area contributed by atoms with E-state index in [2.05, 4.69) is 20.4 Å². The van der Waals surface area contributed by atoms with E-state index in [1.165, 1.54) is 10.7 Å². The number of carbonyl (C=O) groups excluding carboxylic acids is 1. The fraction of sp³-hybridized carbons (Fsp3) is 0.263. The number of anilines is 1. The maximum Gasteiger partial charge on any atom is 0.260 e. The van der Waals surface area contributed by atoms with Gasteiger partial charge < -0.3 is 10.1 Å². The average Bonchev–Trinajstić information content (AvgIpc) is 3.02. The summed E-state index contributed by atoms with van der Waals surface area (Å²) < 4.78 is 6.93. The molecular formula is C19H21N5O3. The van der Waals surface area contributed by atoms with Crippen molar-refractivity contribution in [2.24, 2.45) is 0 Å². The van der Waals surface area contributed by atoms with Gasteiger partial charge in [0, 0.05) is 17.8 Å². The quantitative estimate of drug-likeness (QED) is 0.697. The zero-order chi connectivity index (χ0) is 19.4. The molecule has 0 aliphatic heterocycles. The number of aryl methyl sites for hydroxylation is 2. The molecule has 0 spiro atoms. The predicted molar refractivity (Wildman–Crippen MR) is 102 cm³/mol. The first kappa shape index (κ1) is 18.4. The van der Waals surface area contributed by atoms with Crippen molar-refractivity contribution in [2.45, 2.75) is 27.2 Å².